The van der Waals surface area contributed by atoms with Gasteiger partial charge in [-0.3, -0.25) is 19.3 Å². The van der Waals surface area contributed by atoms with Crippen LogP contribution in [0.5, 0.6) is 0 Å². The van der Waals surface area contributed by atoms with Crippen LogP contribution in [0.25, 0.3) is 0 Å². The number of piperazine rings is 1. The van der Waals surface area contributed by atoms with E-state index in [9.17, 15) is 4.79 Å². The summed E-state index contributed by atoms with van der Waals surface area (Å²) in [6, 6.07) is 6.39. The van der Waals surface area contributed by atoms with E-state index < -0.39 is 0 Å². The third-order valence-electron chi connectivity index (χ3n) is 6.17. The third kappa shape index (κ3) is 3.41. The second-order valence-corrected chi connectivity index (χ2v) is 7.97. The zero-order valence-corrected chi connectivity index (χ0v) is 15.7. The first-order chi connectivity index (χ1) is 13.3. The maximum atomic E-state index is 12.5. The van der Waals surface area contributed by atoms with Crippen LogP contribution in [0.2, 0.25) is 0 Å². The molecule has 2 aromatic rings. The van der Waals surface area contributed by atoms with Crippen LogP contribution in [0.4, 0.5) is 0 Å². The number of amides is 1. The van der Waals surface area contributed by atoms with Crippen molar-refractivity contribution in [3.63, 3.8) is 0 Å². The molecule has 1 atom stereocenters. The molecule has 0 bridgehead atoms. The van der Waals surface area contributed by atoms with E-state index in [1.165, 1.54) is 32.4 Å². The van der Waals surface area contributed by atoms with Crippen molar-refractivity contribution in [2.75, 3.05) is 32.7 Å². The SMILES string of the molecule is O=C(c1ccco1)N1CCn2nc(CN3CCN4CCCC[C@@H]4C3)cc2C1. The van der Waals surface area contributed by atoms with Gasteiger partial charge in [-0.2, -0.15) is 5.10 Å². The monoisotopic (exact) mass is 369 g/mol. The van der Waals surface area contributed by atoms with E-state index >= 15 is 0 Å². The van der Waals surface area contributed by atoms with Crippen LogP contribution in [-0.2, 0) is 19.6 Å². The summed E-state index contributed by atoms with van der Waals surface area (Å²) in [5.41, 5.74) is 2.24. The summed E-state index contributed by atoms with van der Waals surface area (Å²) in [6.07, 6.45) is 5.61. The number of nitrogens with zero attached hydrogens (tertiary/aromatic N) is 5. The lowest BCUT2D eigenvalue weighted by Crippen LogP contribution is -2.54. The molecule has 3 aliphatic rings. The number of aromatic nitrogens is 2. The number of carbonyl (C=O) groups excluding carboxylic acids is 1. The van der Waals surface area contributed by atoms with Crippen LogP contribution >= 0.6 is 0 Å². The average molecular weight is 369 g/mol. The minimum Gasteiger partial charge on any atom is -0.459 e. The van der Waals surface area contributed by atoms with Crippen LogP contribution < -0.4 is 0 Å². The number of furan rings is 1. The molecule has 0 unspecified atom stereocenters. The van der Waals surface area contributed by atoms with Crippen LogP contribution in [-0.4, -0.2) is 69.2 Å². The minimum absolute atomic E-state index is 0.0394. The highest BCUT2D eigenvalue weighted by Gasteiger charge is 2.30. The van der Waals surface area contributed by atoms with Gasteiger partial charge in [-0.25, -0.2) is 0 Å². The van der Waals surface area contributed by atoms with Gasteiger partial charge in [-0.15, -0.1) is 0 Å². The number of rotatable bonds is 3. The summed E-state index contributed by atoms with van der Waals surface area (Å²) in [5.74, 6) is 0.371. The summed E-state index contributed by atoms with van der Waals surface area (Å²) in [5, 5.41) is 4.81. The Morgan fingerprint density at radius 2 is 2.15 bits per heavy atom. The fourth-order valence-electron chi connectivity index (χ4n) is 4.73. The van der Waals surface area contributed by atoms with Crippen LogP contribution in [0, 0.1) is 0 Å². The summed E-state index contributed by atoms with van der Waals surface area (Å²) in [6.45, 7) is 7.68. The predicted octanol–water partition coefficient (Wildman–Crippen LogP) is 1.80. The molecule has 0 spiro atoms. The zero-order chi connectivity index (χ0) is 18.2. The Kier molecular flexibility index (Phi) is 4.49. The van der Waals surface area contributed by atoms with Crippen molar-refractivity contribution < 1.29 is 9.21 Å². The highest BCUT2D eigenvalue weighted by atomic mass is 16.3. The molecule has 7 heteroatoms. The lowest BCUT2D eigenvalue weighted by molar-refractivity contribution is 0.0450. The zero-order valence-electron chi connectivity index (χ0n) is 15.7. The van der Waals surface area contributed by atoms with Crippen molar-refractivity contribution in [2.45, 2.75) is 44.9 Å². The Bertz CT molecular complexity index is 799. The molecule has 0 aliphatic carbocycles. The number of hydrogen-bond acceptors (Lipinski definition) is 5. The Morgan fingerprint density at radius 3 is 3.04 bits per heavy atom. The Labute approximate surface area is 159 Å². The molecule has 0 saturated carbocycles. The van der Waals surface area contributed by atoms with Gasteiger partial charge in [0.05, 0.1) is 30.7 Å². The summed E-state index contributed by atoms with van der Waals surface area (Å²) < 4.78 is 7.33. The van der Waals surface area contributed by atoms with E-state index in [1.54, 1.807) is 18.4 Å². The quantitative estimate of drug-likeness (QED) is 0.826. The van der Waals surface area contributed by atoms with Gasteiger partial charge in [0, 0.05) is 38.8 Å². The number of fused-ring (bicyclic) bond motifs is 2. The summed E-state index contributed by atoms with van der Waals surface area (Å²) in [4.78, 5) is 19.6. The second-order valence-electron chi connectivity index (χ2n) is 7.97. The smallest absolute Gasteiger partial charge is 0.289 e. The number of carbonyl (C=O) groups is 1. The van der Waals surface area contributed by atoms with E-state index in [2.05, 4.69) is 20.5 Å². The van der Waals surface area contributed by atoms with Gasteiger partial charge in [-0.05, 0) is 37.6 Å². The first kappa shape index (κ1) is 17.0. The molecule has 2 saturated heterocycles. The van der Waals surface area contributed by atoms with Crippen molar-refractivity contribution in [1.82, 2.24) is 24.5 Å². The first-order valence-electron chi connectivity index (χ1n) is 10.1. The number of piperidine rings is 1. The fourth-order valence-corrected chi connectivity index (χ4v) is 4.73. The maximum absolute atomic E-state index is 12.5. The van der Waals surface area contributed by atoms with Crippen LogP contribution in [0.3, 0.4) is 0 Å². The summed E-state index contributed by atoms with van der Waals surface area (Å²) >= 11 is 0. The van der Waals surface area contributed by atoms with E-state index in [4.69, 9.17) is 9.52 Å². The van der Waals surface area contributed by atoms with Crippen LogP contribution in [0.15, 0.2) is 28.9 Å². The van der Waals surface area contributed by atoms with Crippen LogP contribution in [0.1, 0.15) is 41.2 Å². The highest BCUT2D eigenvalue weighted by Crippen LogP contribution is 2.23. The minimum atomic E-state index is -0.0394. The average Bonchev–Trinajstić information content (AvgIpc) is 3.36. The Hall–Kier alpha value is -2.12. The second kappa shape index (κ2) is 7.13. The molecular formula is C20H27N5O2. The Balaban J connectivity index is 1.23. The van der Waals surface area contributed by atoms with Gasteiger partial charge in [0.25, 0.3) is 5.91 Å². The van der Waals surface area contributed by atoms with Gasteiger partial charge in [-0.1, -0.05) is 6.42 Å². The molecule has 27 heavy (non-hydrogen) atoms. The van der Waals surface area contributed by atoms with Gasteiger partial charge in [0.2, 0.25) is 0 Å². The van der Waals surface area contributed by atoms with Crippen molar-refractivity contribution >= 4 is 5.91 Å². The third-order valence-corrected chi connectivity index (χ3v) is 6.17. The molecule has 0 N–H and O–H groups in total. The van der Waals surface area contributed by atoms with Crippen molar-refractivity contribution in [3.05, 3.63) is 41.6 Å². The fraction of sp³-hybridized carbons (Fsp3) is 0.600. The Morgan fingerprint density at radius 1 is 1.19 bits per heavy atom. The normalized spacial score (nSPS) is 23.9. The van der Waals surface area contributed by atoms with Gasteiger partial charge in [0.1, 0.15) is 0 Å². The van der Waals surface area contributed by atoms with E-state index in [0.29, 0.717) is 18.8 Å². The standard InChI is InChI=1S/C20H27N5O2/c26-20(19-5-3-11-27-19)24-9-10-25-18(15-24)12-16(21-25)13-22-7-8-23-6-2-1-4-17(23)14-22/h3,5,11-12,17H,1-2,4,6-10,13-15H2/t17-/m1/s1. The number of hydrogen-bond donors (Lipinski definition) is 0. The summed E-state index contributed by atoms with van der Waals surface area (Å²) in [7, 11) is 0. The van der Waals surface area contributed by atoms with Gasteiger partial charge < -0.3 is 9.32 Å². The molecule has 7 nitrogen and oxygen atoms in total. The maximum Gasteiger partial charge on any atom is 0.289 e. The molecule has 3 aliphatic heterocycles. The molecule has 1 amide bonds. The molecule has 2 fully saturated rings. The van der Waals surface area contributed by atoms with Gasteiger partial charge >= 0.3 is 0 Å². The predicted molar refractivity (Wildman–Crippen MR) is 100 cm³/mol. The van der Waals surface area contributed by atoms with Gasteiger partial charge in [0.15, 0.2) is 5.76 Å². The van der Waals surface area contributed by atoms with Crippen molar-refractivity contribution in [1.29, 1.82) is 0 Å². The topological polar surface area (TPSA) is 57.8 Å². The molecule has 144 valence electrons. The van der Waals surface area contributed by atoms with E-state index in [1.807, 2.05) is 4.90 Å². The molecular weight excluding hydrogens is 342 g/mol. The molecule has 5 heterocycles. The lowest BCUT2D eigenvalue weighted by atomic mass is 9.99. The van der Waals surface area contributed by atoms with E-state index in [-0.39, 0.29) is 5.91 Å². The molecule has 0 aromatic carbocycles. The van der Waals surface area contributed by atoms with E-state index in [0.717, 1.165) is 43.6 Å². The lowest BCUT2D eigenvalue weighted by Gasteiger charge is -2.43. The molecule has 5 rings (SSSR count). The highest BCUT2D eigenvalue weighted by molar-refractivity contribution is 5.91. The van der Waals surface area contributed by atoms with Crippen molar-refractivity contribution in [3.8, 4) is 0 Å². The molecule has 2 aromatic heterocycles. The largest absolute Gasteiger partial charge is 0.459 e. The molecule has 0 radical (unpaired) electrons. The first-order valence-corrected chi connectivity index (χ1v) is 10.1. The van der Waals surface area contributed by atoms with Crippen molar-refractivity contribution in [2.24, 2.45) is 0 Å².